The van der Waals surface area contributed by atoms with E-state index >= 15 is 0 Å². The van der Waals surface area contributed by atoms with Gasteiger partial charge in [-0.25, -0.2) is 4.79 Å². The van der Waals surface area contributed by atoms with Gasteiger partial charge in [0, 0.05) is 0 Å². The van der Waals surface area contributed by atoms with Crippen LogP contribution in [0, 0.1) is 0 Å². The van der Waals surface area contributed by atoms with Gasteiger partial charge in [0.05, 0.1) is 13.7 Å². The summed E-state index contributed by atoms with van der Waals surface area (Å²) in [5.41, 5.74) is 1.06. The Hall–Kier alpha value is -2.03. The highest BCUT2D eigenvalue weighted by molar-refractivity contribution is 5.86. The summed E-state index contributed by atoms with van der Waals surface area (Å²) in [5, 5.41) is 0. The standard InChI is InChI=1S/C14H16O3/c1-3-17-13(14(15)16-2)11-7-10-12-8-5-4-6-9-12/h4-11H,3H2,1-2H3/b10-7+,13-11-. The average Bonchev–Trinajstić information content (AvgIpc) is 2.38. The van der Waals surface area contributed by atoms with Crippen LogP contribution in [0.3, 0.4) is 0 Å². The highest BCUT2D eigenvalue weighted by atomic mass is 16.6. The number of carbonyl (C=O) groups excluding carboxylic acids is 1. The summed E-state index contributed by atoms with van der Waals surface area (Å²) in [4.78, 5) is 11.3. The Morgan fingerprint density at radius 1 is 1.29 bits per heavy atom. The molecule has 0 saturated heterocycles. The molecule has 0 aliphatic heterocycles. The van der Waals surface area contributed by atoms with Crippen molar-refractivity contribution in [2.45, 2.75) is 6.92 Å². The molecule has 0 aromatic heterocycles. The van der Waals surface area contributed by atoms with E-state index in [1.54, 1.807) is 12.2 Å². The van der Waals surface area contributed by atoms with E-state index in [2.05, 4.69) is 4.74 Å². The van der Waals surface area contributed by atoms with E-state index in [0.717, 1.165) is 5.56 Å². The summed E-state index contributed by atoms with van der Waals surface area (Å²) < 4.78 is 9.77. The van der Waals surface area contributed by atoms with Crippen LogP contribution in [0.4, 0.5) is 0 Å². The van der Waals surface area contributed by atoms with Gasteiger partial charge in [-0.2, -0.15) is 0 Å². The maximum atomic E-state index is 11.3. The number of rotatable bonds is 5. The largest absolute Gasteiger partial charge is 0.487 e. The van der Waals surface area contributed by atoms with Gasteiger partial charge in [-0.05, 0) is 18.6 Å². The van der Waals surface area contributed by atoms with Crippen molar-refractivity contribution in [1.82, 2.24) is 0 Å². The van der Waals surface area contributed by atoms with Crippen LogP contribution >= 0.6 is 0 Å². The van der Waals surface area contributed by atoms with E-state index < -0.39 is 5.97 Å². The number of methoxy groups -OCH3 is 1. The third-order valence-electron chi connectivity index (χ3n) is 2.02. The fourth-order valence-corrected chi connectivity index (χ4v) is 1.24. The Morgan fingerprint density at radius 3 is 2.59 bits per heavy atom. The molecule has 3 nitrogen and oxygen atoms in total. The monoisotopic (exact) mass is 232 g/mol. The van der Waals surface area contributed by atoms with E-state index in [1.165, 1.54) is 7.11 Å². The second-order valence-electron chi connectivity index (χ2n) is 3.23. The van der Waals surface area contributed by atoms with E-state index in [1.807, 2.05) is 43.3 Å². The summed E-state index contributed by atoms with van der Waals surface area (Å²) in [6, 6.07) is 9.80. The molecule has 0 amide bonds. The first-order chi connectivity index (χ1) is 8.27. The van der Waals surface area contributed by atoms with Crippen molar-refractivity contribution in [2.75, 3.05) is 13.7 Å². The van der Waals surface area contributed by atoms with Gasteiger partial charge < -0.3 is 9.47 Å². The number of esters is 1. The van der Waals surface area contributed by atoms with Crippen LogP contribution in [0.1, 0.15) is 12.5 Å². The fraction of sp³-hybridized carbons (Fsp3) is 0.214. The zero-order valence-corrected chi connectivity index (χ0v) is 10.1. The van der Waals surface area contributed by atoms with Gasteiger partial charge in [-0.15, -0.1) is 0 Å². The van der Waals surface area contributed by atoms with Crippen LogP contribution in [-0.2, 0) is 14.3 Å². The Labute approximate surface area is 101 Å². The summed E-state index contributed by atoms with van der Waals surface area (Å²) in [7, 11) is 1.33. The molecule has 0 aliphatic carbocycles. The Balaban J connectivity index is 2.72. The van der Waals surface area contributed by atoms with Crippen LogP contribution in [0.25, 0.3) is 6.08 Å². The van der Waals surface area contributed by atoms with Crippen molar-refractivity contribution in [2.24, 2.45) is 0 Å². The van der Waals surface area contributed by atoms with E-state index in [0.29, 0.717) is 6.61 Å². The number of carbonyl (C=O) groups is 1. The molecule has 0 saturated carbocycles. The van der Waals surface area contributed by atoms with Crippen molar-refractivity contribution in [1.29, 1.82) is 0 Å². The average molecular weight is 232 g/mol. The number of ether oxygens (including phenoxy) is 2. The normalized spacial score (nSPS) is 11.5. The molecule has 90 valence electrons. The number of allylic oxidation sites excluding steroid dienone is 2. The second kappa shape index (κ2) is 7.28. The first-order valence-electron chi connectivity index (χ1n) is 5.42. The third kappa shape index (κ3) is 4.55. The molecule has 0 bridgehead atoms. The summed E-state index contributed by atoms with van der Waals surface area (Å²) in [5.74, 6) is -0.258. The van der Waals surface area contributed by atoms with Crippen LogP contribution in [0.5, 0.6) is 0 Å². The SMILES string of the molecule is CCO/C(=C\C=C\c1ccccc1)C(=O)OC. The lowest BCUT2D eigenvalue weighted by atomic mass is 10.2. The molecule has 0 fully saturated rings. The van der Waals surface area contributed by atoms with Crippen molar-refractivity contribution >= 4 is 12.0 Å². The predicted molar refractivity (Wildman–Crippen MR) is 67.2 cm³/mol. The lowest BCUT2D eigenvalue weighted by molar-refractivity contribution is -0.140. The first kappa shape index (κ1) is 13.0. The maximum Gasteiger partial charge on any atom is 0.373 e. The molecule has 0 unspecified atom stereocenters. The maximum absolute atomic E-state index is 11.3. The molecule has 0 N–H and O–H groups in total. The predicted octanol–water partition coefficient (Wildman–Crippen LogP) is 2.79. The van der Waals surface area contributed by atoms with Crippen LogP contribution in [-0.4, -0.2) is 19.7 Å². The number of benzene rings is 1. The van der Waals surface area contributed by atoms with Gasteiger partial charge in [0.25, 0.3) is 0 Å². The second-order valence-corrected chi connectivity index (χ2v) is 3.23. The van der Waals surface area contributed by atoms with Crippen LogP contribution < -0.4 is 0 Å². The van der Waals surface area contributed by atoms with Crippen LogP contribution in [0.2, 0.25) is 0 Å². The molecule has 1 aromatic carbocycles. The Kier molecular flexibility index (Phi) is 5.58. The van der Waals surface area contributed by atoms with Crippen LogP contribution in [0.15, 0.2) is 48.2 Å². The highest BCUT2D eigenvalue weighted by Crippen LogP contribution is 2.04. The summed E-state index contributed by atoms with van der Waals surface area (Å²) >= 11 is 0. The fourth-order valence-electron chi connectivity index (χ4n) is 1.24. The van der Waals surface area contributed by atoms with Crippen molar-refractivity contribution in [3.05, 3.63) is 53.8 Å². The lowest BCUT2D eigenvalue weighted by Gasteiger charge is -2.04. The van der Waals surface area contributed by atoms with Gasteiger partial charge in [0.2, 0.25) is 5.76 Å². The van der Waals surface area contributed by atoms with E-state index in [-0.39, 0.29) is 5.76 Å². The van der Waals surface area contributed by atoms with Gasteiger partial charge in [-0.3, -0.25) is 0 Å². The Morgan fingerprint density at radius 2 is 2.00 bits per heavy atom. The minimum Gasteiger partial charge on any atom is -0.487 e. The lowest BCUT2D eigenvalue weighted by Crippen LogP contribution is -2.07. The minimum atomic E-state index is -0.468. The smallest absolute Gasteiger partial charge is 0.373 e. The quantitative estimate of drug-likeness (QED) is 0.339. The molecule has 3 heteroatoms. The summed E-state index contributed by atoms with van der Waals surface area (Å²) in [6.07, 6.45) is 5.25. The molecule has 0 atom stereocenters. The van der Waals surface area contributed by atoms with Gasteiger partial charge >= 0.3 is 5.97 Å². The van der Waals surface area contributed by atoms with Crippen molar-refractivity contribution in [3.8, 4) is 0 Å². The summed E-state index contributed by atoms with van der Waals surface area (Å²) in [6.45, 7) is 2.25. The number of hydrogen-bond donors (Lipinski definition) is 0. The zero-order chi connectivity index (χ0) is 12.5. The number of hydrogen-bond acceptors (Lipinski definition) is 3. The van der Waals surface area contributed by atoms with Crippen molar-refractivity contribution in [3.63, 3.8) is 0 Å². The molecular weight excluding hydrogens is 216 g/mol. The topological polar surface area (TPSA) is 35.5 Å². The molecule has 0 spiro atoms. The van der Waals surface area contributed by atoms with Gasteiger partial charge in [0.1, 0.15) is 0 Å². The molecule has 0 heterocycles. The Bertz CT molecular complexity index is 405. The molecule has 17 heavy (non-hydrogen) atoms. The zero-order valence-electron chi connectivity index (χ0n) is 10.1. The first-order valence-corrected chi connectivity index (χ1v) is 5.42. The van der Waals surface area contributed by atoms with Gasteiger partial charge in [-0.1, -0.05) is 42.5 Å². The van der Waals surface area contributed by atoms with Crippen molar-refractivity contribution < 1.29 is 14.3 Å². The minimum absolute atomic E-state index is 0.210. The third-order valence-corrected chi connectivity index (χ3v) is 2.02. The molecule has 0 aliphatic rings. The highest BCUT2D eigenvalue weighted by Gasteiger charge is 2.08. The van der Waals surface area contributed by atoms with E-state index in [9.17, 15) is 4.79 Å². The molecule has 1 rings (SSSR count). The molecule has 1 aromatic rings. The van der Waals surface area contributed by atoms with Gasteiger partial charge in [0.15, 0.2) is 0 Å². The molecular formula is C14H16O3. The van der Waals surface area contributed by atoms with E-state index in [4.69, 9.17) is 4.74 Å². The molecule has 0 radical (unpaired) electrons.